The number of hydrogen-bond donors (Lipinski definition) is 2. The molecule has 0 saturated carbocycles. The van der Waals surface area contributed by atoms with Crippen LogP contribution >= 0.6 is 0 Å². The van der Waals surface area contributed by atoms with Crippen molar-refractivity contribution in [1.29, 1.82) is 0 Å². The van der Waals surface area contributed by atoms with Crippen molar-refractivity contribution in [3.8, 4) is 11.1 Å². The van der Waals surface area contributed by atoms with E-state index in [1.807, 2.05) is 30.3 Å². The van der Waals surface area contributed by atoms with Gasteiger partial charge in [-0.2, -0.15) is 0 Å². The molecule has 2 nitrogen and oxygen atoms in total. The van der Waals surface area contributed by atoms with E-state index in [1.54, 1.807) is 6.07 Å². The van der Waals surface area contributed by atoms with Crippen LogP contribution in [0.4, 0.5) is 15.8 Å². The lowest BCUT2D eigenvalue weighted by molar-refractivity contribution is 0.637. The van der Waals surface area contributed by atoms with Crippen LogP contribution in [-0.4, -0.2) is 0 Å². The number of benzene rings is 2. The molecule has 0 amide bonds. The Morgan fingerprint density at radius 1 is 0.867 bits per heavy atom. The van der Waals surface area contributed by atoms with Crippen LogP contribution in [0.15, 0.2) is 42.5 Å². The van der Waals surface area contributed by atoms with Crippen molar-refractivity contribution in [2.24, 2.45) is 0 Å². The zero-order valence-corrected chi connectivity index (χ0v) is 8.07. The van der Waals surface area contributed by atoms with E-state index in [1.165, 1.54) is 6.07 Å². The van der Waals surface area contributed by atoms with E-state index in [0.717, 1.165) is 5.56 Å². The van der Waals surface area contributed by atoms with Gasteiger partial charge in [0.2, 0.25) is 0 Å². The minimum atomic E-state index is -0.545. The highest BCUT2D eigenvalue weighted by Crippen LogP contribution is 2.30. The summed E-state index contributed by atoms with van der Waals surface area (Å²) in [5.74, 6) is -0.545. The third kappa shape index (κ3) is 1.64. The fourth-order valence-corrected chi connectivity index (χ4v) is 1.48. The van der Waals surface area contributed by atoms with Gasteiger partial charge < -0.3 is 11.5 Å². The fourth-order valence-electron chi connectivity index (χ4n) is 1.48. The summed E-state index contributed by atoms with van der Waals surface area (Å²) in [4.78, 5) is 0. The molecule has 2 aromatic carbocycles. The number of halogens is 1. The van der Waals surface area contributed by atoms with Gasteiger partial charge >= 0.3 is 0 Å². The molecule has 2 aromatic rings. The largest absolute Gasteiger partial charge is 0.396 e. The minimum absolute atomic E-state index is 0.0761. The molecule has 0 unspecified atom stereocenters. The fraction of sp³-hybridized carbons (Fsp3) is 0. The summed E-state index contributed by atoms with van der Waals surface area (Å²) < 4.78 is 13.4. The van der Waals surface area contributed by atoms with Gasteiger partial charge in [0.25, 0.3) is 0 Å². The van der Waals surface area contributed by atoms with Crippen molar-refractivity contribution in [2.45, 2.75) is 0 Å². The average molecular weight is 202 g/mol. The Labute approximate surface area is 87.3 Å². The third-order valence-corrected chi connectivity index (χ3v) is 2.29. The Bertz CT molecular complexity index is 480. The van der Waals surface area contributed by atoms with Crippen molar-refractivity contribution in [2.75, 3.05) is 11.5 Å². The van der Waals surface area contributed by atoms with E-state index in [9.17, 15) is 4.39 Å². The molecule has 76 valence electrons. The van der Waals surface area contributed by atoms with Crippen LogP contribution in [0.2, 0.25) is 0 Å². The molecule has 0 aliphatic rings. The number of nitrogens with two attached hydrogens (primary N) is 2. The van der Waals surface area contributed by atoms with Crippen molar-refractivity contribution < 1.29 is 4.39 Å². The lowest BCUT2D eigenvalue weighted by atomic mass is 10.0. The van der Waals surface area contributed by atoms with Crippen LogP contribution in [0.1, 0.15) is 0 Å². The number of hydrogen-bond acceptors (Lipinski definition) is 2. The van der Waals surface area contributed by atoms with Crippen LogP contribution < -0.4 is 11.5 Å². The van der Waals surface area contributed by atoms with Gasteiger partial charge in [-0.3, -0.25) is 0 Å². The van der Waals surface area contributed by atoms with Crippen LogP contribution in [0.3, 0.4) is 0 Å². The third-order valence-electron chi connectivity index (χ3n) is 2.29. The molecule has 2 rings (SSSR count). The van der Waals surface area contributed by atoms with Gasteiger partial charge in [0, 0.05) is 5.56 Å². The molecule has 0 aliphatic heterocycles. The predicted octanol–water partition coefficient (Wildman–Crippen LogP) is 2.66. The molecule has 0 saturated heterocycles. The van der Waals surface area contributed by atoms with Crippen LogP contribution in [-0.2, 0) is 0 Å². The first kappa shape index (κ1) is 9.52. The summed E-state index contributed by atoms with van der Waals surface area (Å²) in [7, 11) is 0. The number of rotatable bonds is 1. The van der Waals surface area contributed by atoms with Crippen molar-refractivity contribution in [3.05, 3.63) is 48.3 Å². The zero-order valence-electron chi connectivity index (χ0n) is 8.07. The quantitative estimate of drug-likeness (QED) is 0.698. The highest BCUT2D eigenvalue weighted by Gasteiger charge is 2.09. The first-order chi connectivity index (χ1) is 7.20. The molecular weight excluding hydrogens is 191 g/mol. The van der Waals surface area contributed by atoms with Gasteiger partial charge in [0.15, 0.2) is 5.82 Å². The van der Waals surface area contributed by atoms with E-state index >= 15 is 0 Å². The van der Waals surface area contributed by atoms with Crippen LogP contribution in [0.25, 0.3) is 11.1 Å². The molecule has 0 aromatic heterocycles. The van der Waals surface area contributed by atoms with E-state index in [4.69, 9.17) is 11.5 Å². The highest BCUT2D eigenvalue weighted by molar-refractivity contribution is 5.79. The van der Waals surface area contributed by atoms with Gasteiger partial charge in [-0.1, -0.05) is 36.4 Å². The molecule has 0 bridgehead atoms. The molecule has 4 N–H and O–H groups in total. The number of nitrogen functional groups attached to an aromatic ring is 2. The number of anilines is 2. The summed E-state index contributed by atoms with van der Waals surface area (Å²) in [5, 5.41) is 0. The SMILES string of the molecule is Nc1ccc(-c2ccccc2)c(N)c1F. The maximum absolute atomic E-state index is 13.4. The molecule has 0 radical (unpaired) electrons. The molecular formula is C12H11FN2. The van der Waals surface area contributed by atoms with Crippen molar-refractivity contribution >= 4 is 11.4 Å². The standard InChI is InChI=1S/C12H11FN2/c13-11-10(14)7-6-9(12(11)15)8-4-2-1-3-5-8/h1-7H,14-15H2. The smallest absolute Gasteiger partial charge is 0.169 e. The second-order valence-electron chi connectivity index (χ2n) is 3.30. The Balaban J connectivity index is 2.60. The topological polar surface area (TPSA) is 52.0 Å². The van der Waals surface area contributed by atoms with Crippen molar-refractivity contribution in [3.63, 3.8) is 0 Å². The second-order valence-corrected chi connectivity index (χ2v) is 3.30. The Hall–Kier alpha value is -2.03. The molecule has 0 heterocycles. The lowest BCUT2D eigenvalue weighted by Gasteiger charge is -2.08. The molecule has 0 aliphatic carbocycles. The summed E-state index contributed by atoms with van der Waals surface area (Å²) in [6.07, 6.45) is 0. The van der Waals surface area contributed by atoms with Gasteiger partial charge in [-0.25, -0.2) is 4.39 Å². The maximum Gasteiger partial charge on any atom is 0.169 e. The lowest BCUT2D eigenvalue weighted by Crippen LogP contribution is -1.99. The minimum Gasteiger partial charge on any atom is -0.396 e. The van der Waals surface area contributed by atoms with Crippen molar-refractivity contribution in [1.82, 2.24) is 0 Å². The molecule has 0 spiro atoms. The maximum atomic E-state index is 13.4. The predicted molar refractivity (Wildman–Crippen MR) is 60.7 cm³/mol. The van der Waals surface area contributed by atoms with E-state index in [0.29, 0.717) is 5.56 Å². The van der Waals surface area contributed by atoms with Gasteiger partial charge in [-0.15, -0.1) is 0 Å². The first-order valence-corrected chi connectivity index (χ1v) is 4.59. The molecule has 3 heteroatoms. The van der Waals surface area contributed by atoms with E-state index in [2.05, 4.69) is 0 Å². The highest BCUT2D eigenvalue weighted by atomic mass is 19.1. The molecule has 0 atom stereocenters. The van der Waals surface area contributed by atoms with E-state index < -0.39 is 5.82 Å². The summed E-state index contributed by atoms with van der Waals surface area (Å²) >= 11 is 0. The van der Waals surface area contributed by atoms with Crippen LogP contribution in [0.5, 0.6) is 0 Å². The summed E-state index contributed by atoms with van der Waals surface area (Å²) in [5.41, 5.74) is 12.8. The van der Waals surface area contributed by atoms with Crippen LogP contribution in [0, 0.1) is 5.82 Å². The normalized spacial score (nSPS) is 10.2. The molecule has 15 heavy (non-hydrogen) atoms. The first-order valence-electron chi connectivity index (χ1n) is 4.59. The molecule has 0 fully saturated rings. The second kappa shape index (κ2) is 3.61. The Morgan fingerprint density at radius 3 is 2.20 bits per heavy atom. The Kier molecular flexibility index (Phi) is 2.29. The van der Waals surface area contributed by atoms with E-state index in [-0.39, 0.29) is 11.4 Å². The monoisotopic (exact) mass is 202 g/mol. The van der Waals surface area contributed by atoms with Gasteiger partial charge in [0.05, 0.1) is 11.4 Å². The van der Waals surface area contributed by atoms with Gasteiger partial charge in [0.1, 0.15) is 0 Å². The zero-order chi connectivity index (χ0) is 10.8. The average Bonchev–Trinajstić information content (AvgIpc) is 2.27. The van der Waals surface area contributed by atoms with Gasteiger partial charge in [-0.05, 0) is 11.6 Å². The summed E-state index contributed by atoms with van der Waals surface area (Å²) in [6, 6.07) is 12.7. The summed E-state index contributed by atoms with van der Waals surface area (Å²) in [6.45, 7) is 0. The Morgan fingerprint density at radius 2 is 1.53 bits per heavy atom.